The average Bonchev–Trinajstić information content (AvgIpc) is 3.09. The molecule has 2 aromatic carbocycles. The molecule has 1 aliphatic heterocycles. The van der Waals surface area contributed by atoms with Gasteiger partial charge in [-0.1, -0.05) is 29.8 Å². The van der Waals surface area contributed by atoms with E-state index >= 15 is 0 Å². The molecule has 0 unspecified atom stereocenters. The first kappa shape index (κ1) is 15.4. The fraction of sp³-hybridized carbons (Fsp3) is 0.222. The second-order valence-corrected chi connectivity index (χ2v) is 6.87. The van der Waals surface area contributed by atoms with Gasteiger partial charge in [0.05, 0.1) is 21.7 Å². The number of nitrogens with zero attached hydrogens (tertiary/aromatic N) is 3. The molecule has 0 saturated heterocycles. The Bertz CT molecular complexity index is 940. The zero-order valence-corrected chi connectivity index (χ0v) is 15.1. The monoisotopic (exact) mass is 356 g/mol. The lowest BCUT2D eigenvalue weighted by molar-refractivity contribution is 0.829. The molecule has 0 fully saturated rings. The summed E-state index contributed by atoms with van der Waals surface area (Å²) in [6.07, 6.45) is 0. The van der Waals surface area contributed by atoms with E-state index in [2.05, 4.69) is 22.0 Å². The quantitative estimate of drug-likeness (QED) is 0.650. The van der Waals surface area contributed by atoms with Crippen molar-refractivity contribution in [1.82, 2.24) is 9.55 Å². The van der Waals surface area contributed by atoms with E-state index in [1.807, 2.05) is 43.0 Å². The van der Waals surface area contributed by atoms with Crippen LogP contribution in [0.2, 0.25) is 5.02 Å². The SMILES string of the molecule is Cc1cc(C)c(NC(=S)N2CCn3c2nc2ccccc23)c(Cl)c1. The number of anilines is 2. The van der Waals surface area contributed by atoms with Crippen molar-refractivity contribution in [2.45, 2.75) is 20.4 Å². The van der Waals surface area contributed by atoms with E-state index in [1.54, 1.807) is 0 Å². The van der Waals surface area contributed by atoms with Crippen molar-refractivity contribution in [2.24, 2.45) is 0 Å². The number of nitrogens with one attached hydrogen (secondary N) is 1. The number of aryl methyl sites for hydroxylation is 2. The zero-order chi connectivity index (χ0) is 16.8. The molecule has 2 heterocycles. The summed E-state index contributed by atoms with van der Waals surface area (Å²) in [5.41, 5.74) is 5.21. The Hall–Kier alpha value is -2.11. The molecule has 0 spiro atoms. The molecule has 0 radical (unpaired) electrons. The Morgan fingerprint density at radius 1 is 1.21 bits per heavy atom. The molecule has 1 N–H and O–H groups in total. The van der Waals surface area contributed by atoms with Crippen molar-refractivity contribution in [3.8, 4) is 0 Å². The molecule has 0 amide bonds. The lowest BCUT2D eigenvalue weighted by Crippen LogP contribution is -2.33. The molecule has 4 nitrogen and oxygen atoms in total. The standard InChI is InChI=1S/C18H17ClN4S/c1-11-9-12(2)16(13(19)10-11)21-18(24)23-8-7-22-15-6-4-3-5-14(15)20-17(22)23/h3-6,9-10H,7-8H2,1-2H3,(H,21,24). The topological polar surface area (TPSA) is 33.1 Å². The van der Waals surface area contributed by atoms with Gasteiger partial charge < -0.3 is 9.88 Å². The van der Waals surface area contributed by atoms with E-state index in [9.17, 15) is 0 Å². The van der Waals surface area contributed by atoms with Crippen molar-refractivity contribution >= 4 is 51.6 Å². The van der Waals surface area contributed by atoms with E-state index < -0.39 is 0 Å². The maximum absolute atomic E-state index is 6.39. The summed E-state index contributed by atoms with van der Waals surface area (Å²) >= 11 is 12.0. The van der Waals surface area contributed by atoms with E-state index in [0.717, 1.165) is 46.9 Å². The Morgan fingerprint density at radius 2 is 2.00 bits per heavy atom. The van der Waals surface area contributed by atoms with Crippen LogP contribution >= 0.6 is 23.8 Å². The van der Waals surface area contributed by atoms with Crippen molar-refractivity contribution in [3.63, 3.8) is 0 Å². The molecule has 4 rings (SSSR count). The van der Waals surface area contributed by atoms with Crippen LogP contribution in [0.25, 0.3) is 11.0 Å². The van der Waals surface area contributed by atoms with Gasteiger partial charge >= 0.3 is 0 Å². The van der Waals surface area contributed by atoms with Crippen molar-refractivity contribution < 1.29 is 0 Å². The molecule has 0 bridgehead atoms. The molecule has 1 aliphatic rings. The number of hydrogen-bond acceptors (Lipinski definition) is 2. The van der Waals surface area contributed by atoms with Crippen molar-refractivity contribution in [3.05, 3.63) is 52.5 Å². The fourth-order valence-electron chi connectivity index (χ4n) is 3.23. The number of imidazole rings is 1. The summed E-state index contributed by atoms with van der Waals surface area (Å²) in [5, 5.41) is 4.61. The Labute approximate surface area is 151 Å². The number of benzene rings is 2. The van der Waals surface area contributed by atoms with Gasteiger partial charge in [-0.2, -0.15) is 0 Å². The number of hydrogen-bond donors (Lipinski definition) is 1. The van der Waals surface area contributed by atoms with Gasteiger partial charge in [-0.15, -0.1) is 0 Å². The second-order valence-electron chi connectivity index (χ2n) is 6.07. The van der Waals surface area contributed by atoms with Crippen LogP contribution in [0.3, 0.4) is 0 Å². The fourth-order valence-corrected chi connectivity index (χ4v) is 3.87. The van der Waals surface area contributed by atoms with Crippen molar-refractivity contribution in [1.29, 1.82) is 0 Å². The summed E-state index contributed by atoms with van der Waals surface area (Å²) in [6.45, 7) is 5.74. The Kier molecular flexibility index (Phi) is 3.70. The number of para-hydroxylation sites is 2. The zero-order valence-electron chi connectivity index (χ0n) is 13.5. The van der Waals surface area contributed by atoms with Gasteiger partial charge in [0.15, 0.2) is 5.11 Å². The van der Waals surface area contributed by atoms with E-state index in [0.29, 0.717) is 10.1 Å². The smallest absolute Gasteiger partial charge is 0.213 e. The highest BCUT2D eigenvalue weighted by Gasteiger charge is 2.26. The van der Waals surface area contributed by atoms with Gasteiger partial charge in [-0.05, 0) is 55.4 Å². The molecule has 0 saturated carbocycles. The predicted octanol–water partition coefficient (Wildman–Crippen LogP) is 4.52. The molecule has 24 heavy (non-hydrogen) atoms. The molecule has 1 aromatic heterocycles. The molecule has 0 atom stereocenters. The van der Waals surface area contributed by atoms with Crippen LogP contribution in [0, 0.1) is 13.8 Å². The summed E-state index contributed by atoms with van der Waals surface area (Å²) in [7, 11) is 0. The first-order chi connectivity index (χ1) is 11.5. The number of thiocarbonyl (C=S) groups is 1. The highest BCUT2D eigenvalue weighted by Crippen LogP contribution is 2.30. The minimum atomic E-state index is 0.623. The third-order valence-corrected chi connectivity index (χ3v) is 4.95. The number of fused-ring (bicyclic) bond motifs is 3. The summed E-state index contributed by atoms with van der Waals surface area (Å²) in [6, 6.07) is 12.2. The third-order valence-electron chi connectivity index (χ3n) is 4.33. The lowest BCUT2D eigenvalue weighted by atomic mass is 10.1. The normalized spacial score (nSPS) is 13.4. The van der Waals surface area contributed by atoms with Crippen LogP contribution in [-0.4, -0.2) is 21.2 Å². The lowest BCUT2D eigenvalue weighted by Gasteiger charge is -2.20. The third kappa shape index (κ3) is 2.44. The highest BCUT2D eigenvalue weighted by molar-refractivity contribution is 7.80. The van der Waals surface area contributed by atoms with E-state index in [4.69, 9.17) is 28.8 Å². The predicted molar refractivity (Wildman–Crippen MR) is 104 cm³/mol. The molecule has 0 aliphatic carbocycles. The van der Waals surface area contributed by atoms with Gasteiger partial charge in [0, 0.05) is 13.1 Å². The Morgan fingerprint density at radius 3 is 2.79 bits per heavy atom. The average molecular weight is 357 g/mol. The first-order valence-corrected chi connectivity index (χ1v) is 8.64. The van der Waals surface area contributed by atoms with Gasteiger partial charge in [0.25, 0.3) is 0 Å². The van der Waals surface area contributed by atoms with Gasteiger partial charge in [-0.25, -0.2) is 4.98 Å². The first-order valence-electron chi connectivity index (χ1n) is 7.85. The minimum Gasteiger partial charge on any atom is -0.331 e. The van der Waals surface area contributed by atoms with E-state index in [1.165, 1.54) is 0 Å². The maximum atomic E-state index is 6.39. The maximum Gasteiger partial charge on any atom is 0.213 e. The molecule has 3 aromatic rings. The van der Waals surface area contributed by atoms with Crippen LogP contribution in [0.4, 0.5) is 11.6 Å². The van der Waals surface area contributed by atoms with Gasteiger partial charge in [-0.3, -0.25) is 4.90 Å². The highest BCUT2D eigenvalue weighted by atomic mass is 35.5. The number of rotatable bonds is 1. The largest absolute Gasteiger partial charge is 0.331 e. The Balaban J connectivity index is 1.66. The van der Waals surface area contributed by atoms with Crippen LogP contribution in [0.5, 0.6) is 0 Å². The summed E-state index contributed by atoms with van der Waals surface area (Å²) in [4.78, 5) is 6.76. The van der Waals surface area contributed by atoms with Gasteiger partial charge in [0.2, 0.25) is 5.95 Å². The van der Waals surface area contributed by atoms with Crippen molar-refractivity contribution in [2.75, 3.05) is 16.8 Å². The molecule has 6 heteroatoms. The molecular weight excluding hydrogens is 340 g/mol. The minimum absolute atomic E-state index is 0.623. The summed E-state index contributed by atoms with van der Waals surface area (Å²) < 4.78 is 2.20. The van der Waals surface area contributed by atoms with Crippen LogP contribution in [0.1, 0.15) is 11.1 Å². The second kappa shape index (κ2) is 5.76. The van der Waals surface area contributed by atoms with Crippen LogP contribution < -0.4 is 10.2 Å². The molecule has 122 valence electrons. The van der Waals surface area contributed by atoms with Gasteiger partial charge in [0.1, 0.15) is 0 Å². The number of aromatic nitrogens is 2. The van der Waals surface area contributed by atoms with Crippen LogP contribution in [-0.2, 0) is 6.54 Å². The number of halogens is 1. The summed E-state index contributed by atoms with van der Waals surface area (Å²) in [5.74, 6) is 0.884. The van der Waals surface area contributed by atoms with Crippen LogP contribution in [0.15, 0.2) is 36.4 Å². The molecular formula is C18H17ClN4S. The van der Waals surface area contributed by atoms with E-state index in [-0.39, 0.29) is 0 Å².